The van der Waals surface area contributed by atoms with Crippen LogP contribution in [-0.2, 0) is 7.05 Å². The molecular weight excluding hydrogens is 488 g/mol. The van der Waals surface area contributed by atoms with Gasteiger partial charge in [-0.3, -0.25) is 0 Å². The Labute approximate surface area is 237 Å². The van der Waals surface area contributed by atoms with Crippen LogP contribution in [0.4, 0.5) is 0 Å². The fourth-order valence-electron chi connectivity index (χ4n) is 7.77. The molecule has 0 atom stereocenters. The van der Waals surface area contributed by atoms with E-state index < -0.39 is 0 Å². The van der Waals surface area contributed by atoms with Crippen LogP contribution in [0.5, 0.6) is 0 Å². The average molecular weight is 526 g/mol. The molecule has 1 spiro atoms. The number of hydrogen-bond acceptors (Lipinski definition) is 2. The Morgan fingerprint density at radius 3 is 2.20 bits per heavy atom. The van der Waals surface area contributed by atoms with E-state index in [0.29, 0.717) is 16.9 Å². The molecule has 2 aliphatic carbocycles. The summed E-state index contributed by atoms with van der Waals surface area (Å²) >= 11 is 0. The van der Waals surface area contributed by atoms with E-state index in [9.17, 15) is 5.26 Å². The first kappa shape index (κ1) is 25.1. The first-order valence-electron chi connectivity index (χ1n) is 15.0. The number of nitrogens with zero attached hydrogens (tertiary/aromatic N) is 2. The lowest BCUT2D eigenvalue weighted by atomic mass is 9.62. The van der Waals surface area contributed by atoms with Gasteiger partial charge < -0.3 is 4.42 Å². The van der Waals surface area contributed by atoms with Gasteiger partial charge in [-0.15, -0.1) is 0 Å². The summed E-state index contributed by atoms with van der Waals surface area (Å²) in [6.07, 6.45) is 14.6. The summed E-state index contributed by atoms with van der Waals surface area (Å²) in [5.41, 5.74) is 9.74. The van der Waals surface area contributed by atoms with Crippen LogP contribution in [0.15, 0.2) is 77.3 Å². The van der Waals surface area contributed by atoms with E-state index in [1.54, 1.807) is 0 Å². The normalized spacial score (nSPS) is 17.4. The van der Waals surface area contributed by atoms with E-state index in [2.05, 4.69) is 79.3 Å². The highest BCUT2D eigenvalue weighted by Crippen LogP contribution is 2.51. The lowest BCUT2D eigenvalue weighted by Gasteiger charge is -2.43. The lowest BCUT2D eigenvalue weighted by molar-refractivity contribution is -0.660. The van der Waals surface area contributed by atoms with Gasteiger partial charge in [0, 0.05) is 28.5 Å². The summed E-state index contributed by atoms with van der Waals surface area (Å²) in [5, 5.41) is 12.2. The summed E-state index contributed by atoms with van der Waals surface area (Å²) in [6, 6.07) is 26.1. The number of rotatable bonds is 3. The average Bonchev–Trinajstić information content (AvgIpc) is 3.37. The molecule has 0 amide bonds. The second-order valence-electron chi connectivity index (χ2n) is 12.4. The van der Waals surface area contributed by atoms with Crippen molar-refractivity contribution in [1.29, 1.82) is 5.26 Å². The molecule has 0 radical (unpaired) electrons. The number of aryl methyl sites for hydroxylation is 2. The smallest absolute Gasteiger partial charge is 0.216 e. The van der Waals surface area contributed by atoms with Crippen molar-refractivity contribution < 1.29 is 8.98 Å². The first-order valence-corrected chi connectivity index (χ1v) is 15.0. The monoisotopic (exact) mass is 525 g/mol. The zero-order valence-corrected chi connectivity index (χ0v) is 23.7. The molecule has 2 aliphatic rings. The van der Waals surface area contributed by atoms with E-state index in [-0.39, 0.29) is 0 Å². The molecule has 3 aromatic carbocycles. The second-order valence-corrected chi connectivity index (χ2v) is 12.4. The fraction of sp³-hybridized carbons (Fsp3) is 0.351. The van der Waals surface area contributed by atoms with Gasteiger partial charge in [-0.1, -0.05) is 55.7 Å². The van der Waals surface area contributed by atoms with E-state index in [4.69, 9.17) is 4.42 Å². The maximum absolute atomic E-state index is 10.1. The topological polar surface area (TPSA) is 40.8 Å². The Hall–Kier alpha value is -3.90. The number of fused-ring (bicyclic) bond motifs is 3. The van der Waals surface area contributed by atoms with Gasteiger partial charge in [0.15, 0.2) is 6.20 Å². The zero-order valence-electron chi connectivity index (χ0n) is 23.7. The fourth-order valence-corrected chi connectivity index (χ4v) is 7.77. The molecule has 7 rings (SSSR count). The largest absolute Gasteiger partial charge is 0.454 e. The van der Waals surface area contributed by atoms with Gasteiger partial charge in [0.25, 0.3) is 0 Å². The Bertz CT molecular complexity index is 1750. The Kier molecular flexibility index (Phi) is 6.23. The van der Waals surface area contributed by atoms with Crippen LogP contribution >= 0.6 is 0 Å². The third-order valence-electron chi connectivity index (χ3n) is 10.1. The SMILES string of the molecule is Cc1ccc2c(oc3c(-c4ccc(C5CCC6(CCCCC6)CC5)cc4)c(C#N)ccc32)c1-c1cccc[n+]1C. The maximum atomic E-state index is 10.1. The second kappa shape index (κ2) is 9.93. The van der Waals surface area contributed by atoms with Crippen LogP contribution in [0.25, 0.3) is 44.3 Å². The summed E-state index contributed by atoms with van der Waals surface area (Å²) < 4.78 is 8.88. The summed E-state index contributed by atoms with van der Waals surface area (Å²) in [7, 11) is 2.07. The van der Waals surface area contributed by atoms with Crippen LogP contribution in [-0.4, -0.2) is 0 Å². The lowest BCUT2D eigenvalue weighted by Crippen LogP contribution is -2.30. The van der Waals surface area contributed by atoms with Gasteiger partial charge in [0.1, 0.15) is 18.2 Å². The van der Waals surface area contributed by atoms with Crippen molar-refractivity contribution in [2.24, 2.45) is 12.5 Å². The van der Waals surface area contributed by atoms with Gasteiger partial charge in [-0.2, -0.15) is 5.26 Å². The van der Waals surface area contributed by atoms with Crippen molar-refractivity contribution in [3.63, 3.8) is 0 Å². The molecule has 2 aromatic heterocycles. The molecule has 40 heavy (non-hydrogen) atoms. The molecule has 0 unspecified atom stereocenters. The molecule has 3 heteroatoms. The molecule has 3 nitrogen and oxygen atoms in total. The molecular formula is C37H37N2O+. The van der Waals surface area contributed by atoms with E-state index in [1.807, 2.05) is 18.2 Å². The first-order chi connectivity index (χ1) is 19.6. The number of benzene rings is 3. The van der Waals surface area contributed by atoms with Gasteiger partial charge in [-0.05, 0) is 91.7 Å². The van der Waals surface area contributed by atoms with Crippen molar-refractivity contribution in [3.8, 4) is 28.5 Å². The third-order valence-corrected chi connectivity index (χ3v) is 10.1. The highest BCUT2D eigenvalue weighted by Gasteiger charge is 2.36. The molecule has 200 valence electrons. The van der Waals surface area contributed by atoms with Crippen LogP contribution < -0.4 is 4.57 Å². The Balaban J connectivity index is 1.29. The standard InChI is InChI=1S/C37H37N2O/c1-25-9-15-30-31-16-14-29(24-38)34(36(31)40-35(30)33(25)32-8-4-7-23-39(32)2)28-12-10-26(11-13-28)27-17-21-37(22-18-27)19-5-3-6-20-37/h4,7-16,23,27H,3,5-6,17-22H2,1-2H3/q+1. The van der Waals surface area contributed by atoms with Gasteiger partial charge in [0.05, 0.1) is 17.2 Å². The van der Waals surface area contributed by atoms with E-state index >= 15 is 0 Å². The molecule has 0 N–H and O–H groups in total. The number of hydrogen-bond donors (Lipinski definition) is 0. The van der Waals surface area contributed by atoms with Crippen LogP contribution in [0.2, 0.25) is 0 Å². The van der Waals surface area contributed by atoms with Crippen molar-refractivity contribution in [2.45, 2.75) is 70.6 Å². The quantitative estimate of drug-likeness (QED) is 0.220. The highest BCUT2D eigenvalue weighted by molar-refractivity contribution is 6.14. The van der Waals surface area contributed by atoms with Crippen molar-refractivity contribution in [3.05, 3.63) is 89.6 Å². The van der Waals surface area contributed by atoms with Crippen molar-refractivity contribution >= 4 is 21.9 Å². The maximum Gasteiger partial charge on any atom is 0.216 e. The van der Waals surface area contributed by atoms with Gasteiger partial charge >= 0.3 is 0 Å². The van der Waals surface area contributed by atoms with Crippen molar-refractivity contribution in [1.82, 2.24) is 0 Å². The Morgan fingerprint density at radius 2 is 1.50 bits per heavy atom. The van der Waals surface area contributed by atoms with Crippen molar-refractivity contribution in [2.75, 3.05) is 0 Å². The molecule has 0 aliphatic heterocycles. The molecule has 5 aromatic rings. The predicted molar refractivity (Wildman–Crippen MR) is 162 cm³/mol. The van der Waals surface area contributed by atoms with Crippen LogP contribution in [0.3, 0.4) is 0 Å². The van der Waals surface area contributed by atoms with Gasteiger partial charge in [-0.25, -0.2) is 4.57 Å². The minimum Gasteiger partial charge on any atom is -0.454 e. The van der Waals surface area contributed by atoms with Crippen LogP contribution in [0, 0.1) is 23.7 Å². The number of furan rings is 1. The van der Waals surface area contributed by atoms with Gasteiger partial charge in [0.2, 0.25) is 5.69 Å². The Morgan fingerprint density at radius 1 is 0.800 bits per heavy atom. The molecule has 2 saturated carbocycles. The van der Waals surface area contributed by atoms with E-state index in [0.717, 1.165) is 44.3 Å². The van der Waals surface area contributed by atoms with E-state index in [1.165, 1.54) is 68.9 Å². The molecule has 2 fully saturated rings. The summed E-state index contributed by atoms with van der Waals surface area (Å²) in [6.45, 7) is 2.14. The number of nitriles is 1. The minimum absolute atomic E-state index is 0.640. The summed E-state index contributed by atoms with van der Waals surface area (Å²) in [4.78, 5) is 0. The third kappa shape index (κ3) is 4.13. The number of pyridine rings is 1. The minimum atomic E-state index is 0.640. The predicted octanol–water partition coefficient (Wildman–Crippen LogP) is 9.53. The zero-order chi connectivity index (χ0) is 27.3. The molecule has 0 bridgehead atoms. The molecule has 2 heterocycles. The number of aromatic nitrogens is 1. The van der Waals surface area contributed by atoms with Crippen LogP contribution in [0.1, 0.15) is 80.4 Å². The molecule has 0 saturated heterocycles. The highest BCUT2D eigenvalue weighted by atomic mass is 16.3. The summed E-state index contributed by atoms with van der Waals surface area (Å²) in [5.74, 6) is 0.649.